The summed E-state index contributed by atoms with van der Waals surface area (Å²) in [6, 6.07) is 5.20. The number of rotatable bonds is 0. The van der Waals surface area contributed by atoms with E-state index in [0.29, 0.717) is 21.1 Å². The molecule has 0 spiro atoms. The predicted octanol–water partition coefficient (Wildman–Crippen LogP) is 0.390. The first-order valence-electron chi connectivity index (χ1n) is 4.09. The average Bonchev–Trinajstić information content (AvgIpc) is 2.17. The van der Waals surface area contributed by atoms with Gasteiger partial charge in [0, 0.05) is 12.6 Å². The molecule has 5 heteroatoms. The van der Waals surface area contributed by atoms with Gasteiger partial charge < -0.3 is 4.98 Å². The van der Waals surface area contributed by atoms with Crippen LogP contribution in [0.15, 0.2) is 23.0 Å². The normalized spacial score (nSPS) is 10.6. The number of aromatic amines is 1. The Kier molecular flexibility index (Phi) is 2.04. The van der Waals surface area contributed by atoms with Crippen LogP contribution in [0.5, 0.6) is 0 Å². The molecule has 3 nitrogen and oxygen atoms in total. The van der Waals surface area contributed by atoms with Crippen molar-refractivity contribution in [2.24, 2.45) is 7.05 Å². The summed E-state index contributed by atoms with van der Waals surface area (Å²) in [5.41, 5.74) is 1.02. The molecule has 0 saturated carbocycles. The lowest BCUT2D eigenvalue weighted by molar-refractivity contribution is 0.825. The van der Waals surface area contributed by atoms with E-state index in [1.807, 2.05) is 0 Å². The maximum absolute atomic E-state index is 11.7. The third-order valence-electron chi connectivity index (χ3n) is 2.17. The Balaban J connectivity index is 3.14. The summed E-state index contributed by atoms with van der Waals surface area (Å²) in [5, 5.41) is 0.557. The molecular weight excluding hydrogens is 195 g/mol. The first-order chi connectivity index (χ1) is 6.61. The maximum atomic E-state index is 11.7. The van der Waals surface area contributed by atoms with E-state index < -0.39 is 0 Å². The van der Waals surface area contributed by atoms with E-state index in [1.54, 1.807) is 25.2 Å². The fourth-order valence-electron chi connectivity index (χ4n) is 1.35. The first-order valence-corrected chi connectivity index (χ1v) is 4.49. The number of aromatic nitrogens is 2. The minimum absolute atomic E-state index is 0.129. The molecule has 0 saturated heterocycles. The lowest BCUT2D eigenvalue weighted by atomic mass is 9.94. The molecular formula is C9H7BN2OS. The predicted molar refractivity (Wildman–Crippen MR) is 59.8 cm³/mol. The highest BCUT2D eigenvalue weighted by atomic mass is 32.1. The summed E-state index contributed by atoms with van der Waals surface area (Å²) >= 11 is 4.98. The number of nitrogens with zero attached hydrogens (tertiary/aromatic N) is 1. The van der Waals surface area contributed by atoms with Crippen molar-refractivity contribution in [1.82, 2.24) is 9.55 Å². The van der Waals surface area contributed by atoms with Crippen LogP contribution in [0.1, 0.15) is 0 Å². The molecule has 0 aliphatic carbocycles. The summed E-state index contributed by atoms with van der Waals surface area (Å²) < 4.78 is 1.76. The Hall–Kier alpha value is -1.36. The van der Waals surface area contributed by atoms with E-state index in [1.165, 1.54) is 4.57 Å². The van der Waals surface area contributed by atoms with Crippen LogP contribution in [0.2, 0.25) is 0 Å². The van der Waals surface area contributed by atoms with Crippen LogP contribution in [0, 0.1) is 4.77 Å². The molecule has 0 aliphatic rings. The molecule has 14 heavy (non-hydrogen) atoms. The molecule has 0 fully saturated rings. The third kappa shape index (κ3) is 1.21. The monoisotopic (exact) mass is 202 g/mol. The van der Waals surface area contributed by atoms with Gasteiger partial charge in [0.1, 0.15) is 7.85 Å². The molecule has 1 heterocycles. The molecule has 0 unspecified atom stereocenters. The second-order valence-corrected chi connectivity index (χ2v) is 3.45. The number of H-pyrrole nitrogens is 1. The fourth-order valence-corrected chi connectivity index (χ4v) is 1.54. The summed E-state index contributed by atoms with van der Waals surface area (Å²) in [7, 11) is 7.35. The molecule has 0 atom stereocenters. The maximum Gasteiger partial charge on any atom is 0.261 e. The van der Waals surface area contributed by atoms with Crippen LogP contribution in [0.25, 0.3) is 10.9 Å². The number of nitrogens with one attached hydrogen (secondary N) is 1. The van der Waals surface area contributed by atoms with E-state index in [2.05, 4.69) is 4.98 Å². The molecule has 2 rings (SSSR count). The number of hydrogen-bond donors (Lipinski definition) is 1. The lowest BCUT2D eigenvalue weighted by Gasteiger charge is -2.04. The van der Waals surface area contributed by atoms with Crippen molar-refractivity contribution in [1.29, 1.82) is 0 Å². The molecule has 2 radical (unpaired) electrons. The quantitative estimate of drug-likeness (QED) is 0.495. The van der Waals surface area contributed by atoms with E-state index >= 15 is 0 Å². The van der Waals surface area contributed by atoms with Gasteiger partial charge in [-0.25, -0.2) is 0 Å². The topological polar surface area (TPSA) is 37.8 Å². The van der Waals surface area contributed by atoms with Crippen molar-refractivity contribution in [3.8, 4) is 0 Å². The minimum Gasteiger partial charge on any atom is -0.332 e. The van der Waals surface area contributed by atoms with Crippen LogP contribution in [0.4, 0.5) is 0 Å². The van der Waals surface area contributed by atoms with E-state index in [9.17, 15) is 4.79 Å². The van der Waals surface area contributed by atoms with Gasteiger partial charge in [0.15, 0.2) is 4.77 Å². The van der Waals surface area contributed by atoms with Gasteiger partial charge in [-0.2, -0.15) is 0 Å². The van der Waals surface area contributed by atoms with E-state index in [-0.39, 0.29) is 5.56 Å². The van der Waals surface area contributed by atoms with Crippen LogP contribution in [0.3, 0.4) is 0 Å². The van der Waals surface area contributed by atoms with Gasteiger partial charge >= 0.3 is 0 Å². The van der Waals surface area contributed by atoms with Gasteiger partial charge in [-0.15, -0.1) is 0 Å². The second-order valence-electron chi connectivity index (χ2n) is 3.06. The van der Waals surface area contributed by atoms with Crippen LogP contribution < -0.4 is 11.0 Å². The zero-order chi connectivity index (χ0) is 10.3. The Bertz CT molecular complexity index is 614. The number of para-hydroxylation sites is 1. The van der Waals surface area contributed by atoms with Crippen LogP contribution >= 0.6 is 12.2 Å². The molecule has 68 valence electrons. The molecule has 1 aromatic heterocycles. The highest BCUT2D eigenvalue weighted by Gasteiger charge is 2.02. The second kappa shape index (κ2) is 3.10. The van der Waals surface area contributed by atoms with Crippen LogP contribution in [-0.2, 0) is 7.05 Å². The first kappa shape index (κ1) is 9.21. The van der Waals surface area contributed by atoms with Crippen molar-refractivity contribution in [2.75, 3.05) is 0 Å². The van der Waals surface area contributed by atoms with Gasteiger partial charge in [-0.1, -0.05) is 17.6 Å². The Morgan fingerprint density at radius 2 is 2.21 bits per heavy atom. The van der Waals surface area contributed by atoms with Crippen molar-refractivity contribution >= 4 is 36.4 Å². The highest BCUT2D eigenvalue weighted by Crippen LogP contribution is 2.02. The van der Waals surface area contributed by atoms with Gasteiger partial charge in [0.25, 0.3) is 5.56 Å². The zero-order valence-electron chi connectivity index (χ0n) is 7.57. The summed E-state index contributed by atoms with van der Waals surface area (Å²) in [6.07, 6.45) is 0. The van der Waals surface area contributed by atoms with E-state index in [4.69, 9.17) is 20.1 Å². The SMILES string of the molecule is [B]c1cccc2c(=O)n(C)c(=S)[nH]c12. The largest absolute Gasteiger partial charge is 0.332 e. The standard InChI is InChI=1S/C9H7BN2OS/c1-12-8(13)5-3-2-4-6(10)7(5)11-9(12)14/h2-4H,1H3,(H,11,14). The van der Waals surface area contributed by atoms with Crippen molar-refractivity contribution < 1.29 is 0 Å². The van der Waals surface area contributed by atoms with Crippen LogP contribution in [-0.4, -0.2) is 17.4 Å². The fraction of sp³-hybridized carbons (Fsp3) is 0.111. The number of benzene rings is 1. The van der Waals surface area contributed by atoms with Crippen molar-refractivity contribution in [2.45, 2.75) is 0 Å². The highest BCUT2D eigenvalue weighted by molar-refractivity contribution is 7.71. The molecule has 2 aromatic rings. The van der Waals surface area contributed by atoms with Gasteiger partial charge in [0.05, 0.1) is 5.39 Å². The Morgan fingerprint density at radius 3 is 2.93 bits per heavy atom. The van der Waals surface area contributed by atoms with E-state index in [0.717, 1.165) is 0 Å². The summed E-state index contributed by atoms with van der Waals surface area (Å²) in [5.74, 6) is 0. The third-order valence-corrected chi connectivity index (χ3v) is 2.54. The van der Waals surface area contributed by atoms with Gasteiger partial charge in [0.2, 0.25) is 0 Å². The Labute approximate surface area is 86.8 Å². The number of hydrogen-bond acceptors (Lipinski definition) is 2. The van der Waals surface area contributed by atoms with Crippen molar-refractivity contribution in [3.05, 3.63) is 33.3 Å². The summed E-state index contributed by atoms with van der Waals surface area (Å²) in [4.78, 5) is 14.6. The molecule has 1 aromatic carbocycles. The lowest BCUT2D eigenvalue weighted by Crippen LogP contribution is -2.21. The molecule has 0 amide bonds. The number of fused-ring (bicyclic) bond motifs is 1. The smallest absolute Gasteiger partial charge is 0.261 e. The zero-order valence-corrected chi connectivity index (χ0v) is 8.39. The van der Waals surface area contributed by atoms with Gasteiger partial charge in [-0.05, 0) is 18.3 Å². The Morgan fingerprint density at radius 1 is 1.50 bits per heavy atom. The van der Waals surface area contributed by atoms with Gasteiger partial charge in [-0.3, -0.25) is 9.36 Å². The van der Waals surface area contributed by atoms with Crippen molar-refractivity contribution in [3.63, 3.8) is 0 Å². The summed E-state index contributed by atoms with van der Waals surface area (Å²) in [6.45, 7) is 0. The average molecular weight is 202 g/mol. The molecule has 1 N–H and O–H groups in total. The molecule has 0 aliphatic heterocycles. The minimum atomic E-state index is -0.129. The molecule has 0 bridgehead atoms.